The number of esters is 1. The van der Waals surface area contributed by atoms with E-state index < -0.39 is 0 Å². The Kier molecular flexibility index (Phi) is 4.24. The largest absolute Gasteiger partial charge is 0.468 e. The van der Waals surface area contributed by atoms with Crippen molar-refractivity contribution >= 4 is 34.9 Å². The lowest BCUT2D eigenvalue weighted by atomic mass is 10.3. The van der Waals surface area contributed by atoms with Gasteiger partial charge in [0, 0.05) is 12.7 Å². The van der Waals surface area contributed by atoms with Gasteiger partial charge in [0.1, 0.15) is 6.54 Å². The third-order valence-corrected chi connectivity index (χ3v) is 2.68. The van der Waals surface area contributed by atoms with Gasteiger partial charge in [-0.3, -0.25) is 4.79 Å². The van der Waals surface area contributed by atoms with Gasteiger partial charge in [-0.15, -0.1) is 0 Å². The molecule has 0 atom stereocenters. The van der Waals surface area contributed by atoms with E-state index in [2.05, 4.69) is 4.74 Å². The van der Waals surface area contributed by atoms with Crippen LogP contribution in [0, 0.1) is 0 Å². The smallest absolute Gasteiger partial charge is 0.325 e. The van der Waals surface area contributed by atoms with Crippen molar-refractivity contribution in [3.63, 3.8) is 0 Å². The molecule has 0 aliphatic heterocycles. The number of benzene rings is 1. The lowest BCUT2D eigenvalue weighted by Crippen LogP contribution is -2.26. The second-order valence-corrected chi connectivity index (χ2v) is 3.85. The van der Waals surface area contributed by atoms with Gasteiger partial charge in [-0.2, -0.15) is 0 Å². The van der Waals surface area contributed by atoms with Crippen LogP contribution in [0.5, 0.6) is 0 Å². The minimum atomic E-state index is -0.302. The Balaban J connectivity index is 2.78. The molecule has 0 unspecified atom stereocenters. The Labute approximate surface area is 98.5 Å². The highest BCUT2D eigenvalue weighted by molar-refractivity contribution is 6.42. The number of carbonyl (C=O) groups is 1. The van der Waals surface area contributed by atoms with Gasteiger partial charge in [0.05, 0.1) is 17.2 Å². The molecule has 0 aliphatic rings. The first kappa shape index (κ1) is 12.1. The van der Waals surface area contributed by atoms with Crippen LogP contribution >= 0.6 is 23.2 Å². The fraction of sp³-hybridized carbons (Fsp3) is 0.300. The molecule has 1 aromatic rings. The summed E-state index contributed by atoms with van der Waals surface area (Å²) in [5.41, 5.74) is 0.815. The van der Waals surface area contributed by atoms with Crippen LogP contribution in [-0.4, -0.2) is 26.7 Å². The topological polar surface area (TPSA) is 29.5 Å². The zero-order chi connectivity index (χ0) is 11.4. The van der Waals surface area contributed by atoms with Gasteiger partial charge < -0.3 is 9.64 Å². The first-order valence-corrected chi connectivity index (χ1v) is 5.03. The van der Waals surface area contributed by atoms with Crippen LogP contribution in [-0.2, 0) is 9.53 Å². The fourth-order valence-electron chi connectivity index (χ4n) is 1.07. The molecule has 0 saturated heterocycles. The maximum atomic E-state index is 11.0. The zero-order valence-corrected chi connectivity index (χ0v) is 9.97. The summed E-state index contributed by atoms with van der Waals surface area (Å²) in [6.45, 7) is 0.175. The molecule has 0 aromatic heterocycles. The molecular weight excluding hydrogens is 237 g/mol. The lowest BCUT2D eigenvalue weighted by molar-refractivity contribution is -0.138. The normalized spacial score (nSPS) is 9.87. The van der Waals surface area contributed by atoms with Crippen molar-refractivity contribution in [2.75, 3.05) is 25.6 Å². The quantitative estimate of drug-likeness (QED) is 0.770. The summed E-state index contributed by atoms with van der Waals surface area (Å²) < 4.78 is 4.56. The molecule has 0 radical (unpaired) electrons. The molecule has 1 aromatic carbocycles. The molecule has 82 valence electrons. The van der Waals surface area contributed by atoms with E-state index >= 15 is 0 Å². The van der Waals surface area contributed by atoms with Gasteiger partial charge in [-0.1, -0.05) is 23.2 Å². The molecule has 0 fully saturated rings. The third-order valence-electron chi connectivity index (χ3n) is 1.94. The van der Waals surface area contributed by atoms with Crippen molar-refractivity contribution in [3.8, 4) is 0 Å². The van der Waals surface area contributed by atoms with E-state index in [0.717, 1.165) is 5.69 Å². The maximum absolute atomic E-state index is 11.0. The van der Waals surface area contributed by atoms with Crippen molar-refractivity contribution < 1.29 is 9.53 Å². The van der Waals surface area contributed by atoms with E-state index in [4.69, 9.17) is 23.2 Å². The van der Waals surface area contributed by atoms with Crippen molar-refractivity contribution in [1.82, 2.24) is 0 Å². The minimum Gasteiger partial charge on any atom is -0.468 e. The number of nitrogens with zero attached hydrogens (tertiary/aromatic N) is 1. The molecule has 0 bridgehead atoms. The average Bonchev–Trinajstić information content (AvgIpc) is 2.21. The van der Waals surface area contributed by atoms with E-state index in [-0.39, 0.29) is 12.5 Å². The summed E-state index contributed by atoms with van der Waals surface area (Å²) in [6, 6.07) is 5.18. The number of ether oxygens (including phenoxy) is 1. The number of rotatable bonds is 3. The van der Waals surface area contributed by atoms with Gasteiger partial charge >= 0.3 is 5.97 Å². The highest BCUT2D eigenvalue weighted by Crippen LogP contribution is 2.26. The number of likely N-dealkylation sites (N-methyl/N-ethyl adjacent to an activating group) is 1. The Bertz CT molecular complexity index is 368. The van der Waals surface area contributed by atoms with Crippen molar-refractivity contribution in [1.29, 1.82) is 0 Å². The standard InChI is InChI=1S/C10H11Cl2NO2/c1-13(6-10(14)15-2)7-3-4-8(11)9(12)5-7/h3-5H,6H2,1-2H3. The molecule has 0 aliphatic carbocycles. The van der Waals surface area contributed by atoms with Crippen molar-refractivity contribution in [2.45, 2.75) is 0 Å². The van der Waals surface area contributed by atoms with Crippen LogP contribution in [0.15, 0.2) is 18.2 Å². The Morgan fingerprint density at radius 2 is 2.07 bits per heavy atom. The molecule has 3 nitrogen and oxygen atoms in total. The van der Waals surface area contributed by atoms with E-state index in [1.807, 2.05) is 0 Å². The zero-order valence-electron chi connectivity index (χ0n) is 8.46. The number of hydrogen-bond donors (Lipinski definition) is 0. The van der Waals surface area contributed by atoms with Gasteiger partial charge in [-0.25, -0.2) is 0 Å². The lowest BCUT2D eigenvalue weighted by Gasteiger charge is -2.17. The van der Waals surface area contributed by atoms with Gasteiger partial charge in [0.15, 0.2) is 0 Å². The number of methoxy groups -OCH3 is 1. The molecule has 1 rings (SSSR count). The van der Waals surface area contributed by atoms with Gasteiger partial charge in [-0.05, 0) is 18.2 Å². The predicted molar refractivity (Wildman–Crippen MR) is 61.7 cm³/mol. The van der Waals surface area contributed by atoms with Crippen LogP contribution in [0.25, 0.3) is 0 Å². The van der Waals surface area contributed by atoms with Crippen LogP contribution in [0.3, 0.4) is 0 Å². The molecule has 0 N–H and O–H groups in total. The van der Waals surface area contributed by atoms with Crippen molar-refractivity contribution in [3.05, 3.63) is 28.2 Å². The van der Waals surface area contributed by atoms with Crippen LogP contribution in [0.4, 0.5) is 5.69 Å². The summed E-state index contributed by atoms with van der Waals surface area (Å²) in [6.07, 6.45) is 0. The molecular formula is C10H11Cl2NO2. The highest BCUT2D eigenvalue weighted by Gasteiger charge is 2.08. The SMILES string of the molecule is COC(=O)CN(C)c1ccc(Cl)c(Cl)c1. The maximum Gasteiger partial charge on any atom is 0.325 e. The molecule has 0 saturated carbocycles. The first-order chi connectivity index (χ1) is 7.04. The third kappa shape index (κ3) is 3.29. The highest BCUT2D eigenvalue weighted by atomic mass is 35.5. The van der Waals surface area contributed by atoms with E-state index in [0.29, 0.717) is 10.0 Å². The van der Waals surface area contributed by atoms with Crippen LogP contribution < -0.4 is 4.90 Å². The molecule has 0 amide bonds. The fourth-order valence-corrected chi connectivity index (χ4v) is 1.36. The average molecular weight is 248 g/mol. The van der Waals surface area contributed by atoms with Crippen LogP contribution in [0.1, 0.15) is 0 Å². The predicted octanol–water partition coefficient (Wildman–Crippen LogP) is 2.60. The molecule has 5 heteroatoms. The summed E-state index contributed by atoms with van der Waals surface area (Å²) in [7, 11) is 3.13. The Morgan fingerprint density at radius 3 is 2.60 bits per heavy atom. The van der Waals surface area contributed by atoms with Gasteiger partial charge in [0.25, 0.3) is 0 Å². The number of anilines is 1. The van der Waals surface area contributed by atoms with E-state index in [1.165, 1.54) is 7.11 Å². The minimum absolute atomic E-state index is 0.175. The monoisotopic (exact) mass is 247 g/mol. The van der Waals surface area contributed by atoms with Crippen LogP contribution in [0.2, 0.25) is 10.0 Å². The molecule has 15 heavy (non-hydrogen) atoms. The number of carbonyl (C=O) groups excluding carboxylic acids is 1. The van der Waals surface area contributed by atoms with Crippen molar-refractivity contribution in [2.24, 2.45) is 0 Å². The molecule has 0 heterocycles. The van der Waals surface area contributed by atoms with E-state index in [9.17, 15) is 4.79 Å². The number of hydrogen-bond acceptors (Lipinski definition) is 3. The number of halogens is 2. The van der Waals surface area contributed by atoms with Gasteiger partial charge in [0.2, 0.25) is 0 Å². The van der Waals surface area contributed by atoms with E-state index in [1.54, 1.807) is 30.1 Å². The summed E-state index contributed by atoms with van der Waals surface area (Å²) in [4.78, 5) is 12.8. The second kappa shape index (κ2) is 5.24. The molecule has 0 spiro atoms. The first-order valence-electron chi connectivity index (χ1n) is 4.27. The summed E-state index contributed by atoms with van der Waals surface area (Å²) >= 11 is 11.6. The Hall–Kier alpha value is -0.930. The second-order valence-electron chi connectivity index (χ2n) is 3.03. The Morgan fingerprint density at radius 1 is 1.40 bits per heavy atom. The summed E-state index contributed by atoms with van der Waals surface area (Å²) in [5.74, 6) is -0.302. The summed E-state index contributed by atoms with van der Waals surface area (Å²) in [5, 5.41) is 0.956.